The molecule has 0 aromatic heterocycles. The fourth-order valence-corrected chi connectivity index (χ4v) is 3.32. The van der Waals surface area contributed by atoms with Gasteiger partial charge in [-0.25, -0.2) is 0 Å². The Morgan fingerprint density at radius 3 is 2.46 bits per heavy atom. The predicted molar refractivity (Wildman–Crippen MR) is 114 cm³/mol. The standard InChI is InChI=1S/C23H25ClN2O2/c1-16(18-6-9-21(24)10-7-18)25-14-23(27)26(2)15-17-4-5-20-13-22(28-3)11-8-19(20)12-17/h4-13,16,25H,14-15H2,1-3H3/p+1/t16-/m0/s1. The van der Waals surface area contributed by atoms with Gasteiger partial charge in [0.15, 0.2) is 6.54 Å². The Morgan fingerprint density at radius 2 is 1.75 bits per heavy atom. The SMILES string of the molecule is COc1ccc2cc(CN(C)C(=O)C[NH2+][C@@H](C)c3ccc(Cl)cc3)ccc2c1. The number of likely N-dealkylation sites (N-methyl/N-ethyl adjacent to an activating group) is 1. The number of quaternary nitrogens is 1. The molecule has 1 atom stereocenters. The fourth-order valence-electron chi connectivity index (χ4n) is 3.20. The van der Waals surface area contributed by atoms with Crippen molar-refractivity contribution in [1.82, 2.24) is 4.90 Å². The van der Waals surface area contributed by atoms with E-state index in [4.69, 9.17) is 16.3 Å². The second-order valence-electron chi connectivity index (χ2n) is 7.08. The van der Waals surface area contributed by atoms with Gasteiger partial charge < -0.3 is 15.0 Å². The normalized spacial score (nSPS) is 12.0. The summed E-state index contributed by atoms with van der Waals surface area (Å²) in [5.41, 5.74) is 2.27. The van der Waals surface area contributed by atoms with Crippen molar-refractivity contribution >= 4 is 28.3 Å². The van der Waals surface area contributed by atoms with Crippen LogP contribution in [-0.4, -0.2) is 31.5 Å². The van der Waals surface area contributed by atoms with Gasteiger partial charge in [0.25, 0.3) is 5.91 Å². The summed E-state index contributed by atoms with van der Waals surface area (Å²) in [6.07, 6.45) is 0. The molecule has 0 spiro atoms. The number of carbonyl (C=O) groups is 1. The summed E-state index contributed by atoms with van der Waals surface area (Å²) in [6.45, 7) is 3.09. The molecule has 0 heterocycles. The largest absolute Gasteiger partial charge is 0.497 e. The molecule has 1 amide bonds. The maximum Gasteiger partial charge on any atom is 0.277 e. The molecule has 146 valence electrons. The average Bonchev–Trinajstić information content (AvgIpc) is 2.71. The molecule has 4 nitrogen and oxygen atoms in total. The van der Waals surface area contributed by atoms with Crippen LogP contribution >= 0.6 is 11.6 Å². The maximum absolute atomic E-state index is 12.5. The fraction of sp³-hybridized carbons (Fsp3) is 0.261. The summed E-state index contributed by atoms with van der Waals surface area (Å²) in [5, 5.41) is 5.04. The summed E-state index contributed by atoms with van der Waals surface area (Å²) in [7, 11) is 3.52. The van der Waals surface area contributed by atoms with Crippen LogP contribution in [0.4, 0.5) is 0 Å². The van der Waals surface area contributed by atoms with E-state index < -0.39 is 0 Å². The van der Waals surface area contributed by atoms with Crippen molar-refractivity contribution < 1.29 is 14.8 Å². The second-order valence-corrected chi connectivity index (χ2v) is 7.51. The lowest BCUT2D eigenvalue weighted by atomic mass is 10.1. The van der Waals surface area contributed by atoms with E-state index in [1.165, 1.54) is 0 Å². The van der Waals surface area contributed by atoms with E-state index >= 15 is 0 Å². The van der Waals surface area contributed by atoms with Crippen LogP contribution in [0.5, 0.6) is 5.75 Å². The van der Waals surface area contributed by atoms with Crippen molar-refractivity contribution in [2.24, 2.45) is 0 Å². The lowest BCUT2D eigenvalue weighted by Gasteiger charge is -2.18. The Morgan fingerprint density at radius 1 is 1.07 bits per heavy atom. The van der Waals surface area contributed by atoms with Gasteiger partial charge in [0.1, 0.15) is 11.8 Å². The first-order valence-electron chi connectivity index (χ1n) is 9.35. The third kappa shape index (κ3) is 5.03. The minimum absolute atomic E-state index is 0.107. The van der Waals surface area contributed by atoms with Crippen LogP contribution in [0.1, 0.15) is 24.1 Å². The number of hydrogen-bond donors (Lipinski definition) is 1. The number of halogens is 1. The van der Waals surface area contributed by atoms with Crippen LogP contribution in [0.15, 0.2) is 60.7 Å². The minimum atomic E-state index is 0.107. The van der Waals surface area contributed by atoms with Crippen molar-refractivity contribution in [3.05, 3.63) is 76.8 Å². The monoisotopic (exact) mass is 397 g/mol. The number of nitrogens with zero attached hydrogens (tertiary/aromatic N) is 1. The van der Waals surface area contributed by atoms with E-state index in [2.05, 4.69) is 30.4 Å². The number of carbonyl (C=O) groups excluding carboxylic acids is 1. The highest BCUT2D eigenvalue weighted by atomic mass is 35.5. The van der Waals surface area contributed by atoms with Gasteiger partial charge in [-0.05, 0) is 53.6 Å². The van der Waals surface area contributed by atoms with Crippen molar-refractivity contribution in [3.63, 3.8) is 0 Å². The third-order valence-electron chi connectivity index (χ3n) is 5.00. The number of benzene rings is 3. The molecule has 0 aliphatic rings. The predicted octanol–water partition coefficient (Wildman–Crippen LogP) is 3.78. The number of hydrogen-bond acceptors (Lipinski definition) is 2. The van der Waals surface area contributed by atoms with E-state index in [1.807, 2.05) is 49.5 Å². The third-order valence-corrected chi connectivity index (χ3v) is 5.25. The van der Waals surface area contributed by atoms with Crippen LogP contribution < -0.4 is 10.1 Å². The quantitative estimate of drug-likeness (QED) is 0.659. The van der Waals surface area contributed by atoms with E-state index in [0.29, 0.717) is 13.1 Å². The number of nitrogens with two attached hydrogens (primary N) is 1. The molecule has 3 aromatic carbocycles. The topological polar surface area (TPSA) is 46.1 Å². The van der Waals surface area contributed by atoms with E-state index in [-0.39, 0.29) is 11.9 Å². The number of ether oxygens (including phenoxy) is 1. The Labute approximate surface area is 171 Å². The highest BCUT2D eigenvalue weighted by Gasteiger charge is 2.15. The highest BCUT2D eigenvalue weighted by molar-refractivity contribution is 6.30. The van der Waals surface area contributed by atoms with Crippen LogP contribution in [0.2, 0.25) is 5.02 Å². The zero-order valence-electron chi connectivity index (χ0n) is 16.5. The smallest absolute Gasteiger partial charge is 0.277 e. The Hall–Kier alpha value is -2.56. The molecule has 0 bridgehead atoms. The molecule has 0 aliphatic heterocycles. The summed E-state index contributed by atoms with van der Waals surface area (Å²) in [5.74, 6) is 0.952. The van der Waals surface area contributed by atoms with E-state index in [0.717, 1.165) is 32.7 Å². The zero-order chi connectivity index (χ0) is 20.1. The molecular formula is C23H26ClN2O2+. The number of fused-ring (bicyclic) bond motifs is 1. The van der Waals surface area contributed by atoms with Gasteiger partial charge in [0.05, 0.1) is 7.11 Å². The van der Waals surface area contributed by atoms with Crippen molar-refractivity contribution in [1.29, 1.82) is 0 Å². The molecule has 0 radical (unpaired) electrons. The molecule has 0 aliphatic carbocycles. The molecule has 0 unspecified atom stereocenters. The van der Waals surface area contributed by atoms with E-state index in [9.17, 15) is 4.79 Å². The van der Waals surface area contributed by atoms with Crippen LogP contribution in [0.25, 0.3) is 10.8 Å². The minimum Gasteiger partial charge on any atom is -0.497 e. The van der Waals surface area contributed by atoms with Gasteiger partial charge >= 0.3 is 0 Å². The number of rotatable bonds is 7. The zero-order valence-corrected chi connectivity index (χ0v) is 17.2. The molecule has 5 heteroatoms. The molecule has 3 rings (SSSR count). The Kier molecular flexibility index (Phi) is 6.55. The van der Waals surface area contributed by atoms with Gasteiger partial charge in [0, 0.05) is 24.2 Å². The summed E-state index contributed by atoms with van der Waals surface area (Å²) in [6, 6.07) is 20.2. The molecule has 0 saturated carbocycles. The van der Waals surface area contributed by atoms with Gasteiger partial charge in [-0.1, -0.05) is 41.9 Å². The van der Waals surface area contributed by atoms with Gasteiger partial charge in [0.2, 0.25) is 0 Å². The molecule has 2 N–H and O–H groups in total. The molecule has 0 saturated heterocycles. The average molecular weight is 398 g/mol. The molecule has 28 heavy (non-hydrogen) atoms. The lowest BCUT2D eigenvalue weighted by molar-refractivity contribution is -0.683. The number of methoxy groups -OCH3 is 1. The van der Waals surface area contributed by atoms with Crippen molar-refractivity contribution in [2.75, 3.05) is 20.7 Å². The first-order chi connectivity index (χ1) is 13.5. The van der Waals surface area contributed by atoms with Crippen LogP contribution in [0.3, 0.4) is 0 Å². The van der Waals surface area contributed by atoms with Crippen molar-refractivity contribution in [2.45, 2.75) is 19.5 Å². The second kappa shape index (κ2) is 9.09. The molecule has 3 aromatic rings. The van der Waals surface area contributed by atoms with Crippen molar-refractivity contribution in [3.8, 4) is 5.75 Å². The summed E-state index contributed by atoms with van der Waals surface area (Å²) < 4.78 is 5.27. The lowest BCUT2D eigenvalue weighted by Crippen LogP contribution is -2.86. The maximum atomic E-state index is 12.5. The Bertz CT molecular complexity index is 956. The van der Waals surface area contributed by atoms with Crippen LogP contribution in [0, 0.1) is 0 Å². The number of amides is 1. The first kappa shape index (κ1) is 20.2. The summed E-state index contributed by atoms with van der Waals surface area (Å²) in [4.78, 5) is 14.3. The van der Waals surface area contributed by atoms with Gasteiger partial charge in [-0.15, -0.1) is 0 Å². The van der Waals surface area contributed by atoms with Crippen LogP contribution in [-0.2, 0) is 11.3 Å². The first-order valence-corrected chi connectivity index (χ1v) is 9.73. The molecule has 0 fully saturated rings. The van der Waals surface area contributed by atoms with Gasteiger partial charge in [-0.3, -0.25) is 4.79 Å². The highest BCUT2D eigenvalue weighted by Crippen LogP contribution is 2.22. The Balaban J connectivity index is 1.57. The molecular weight excluding hydrogens is 372 g/mol. The van der Waals surface area contributed by atoms with E-state index in [1.54, 1.807) is 12.0 Å². The van der Waals surface area contributed by atoms with Gasteiger partial charge in [-0.2, -0.15) is 0 Å². The summed E-state index contributed by atoms with van der Waals surface area (Å²) >= 11 is 5.94.